The summed E-state index contributed by atoms with van der Waals surface area (Å²) in [6, 6.07) is 43.7. The van der Waals surface area contributed by atoms with Gasteiger partial charge in [0.25, 0.3) is 0 Å². The van der Waals surface area contributed by atoms with E-state index in [2.05, 4.69) is 169 Å². The van der Waals surface area contributed by atoms with E-state index in [1.54, 1.807) is 6.92 Å². The Labute approximate surface area is 416 Å². The summed E-state index contributed by atoms with van der Waals surface area (Å²) in [5.41, 5.74) is 10.8. The Morgan fingerprint density at radius 3 is 2.33 bits per heavy atom. The number of esters is 1. The monoisotopic (exact) mass is 1120 g/mol. The van der Waals surface area contributed by atoms with Gasteiger partial charge in [-0.1, -0.05) is 13.5 Å². The number of nitrogens with zero attached hydrogens (tertiary/aromatic N) is 2. The summed E-state index contributed by atoms with van der Waals surface area (Å²) in [6.45, 7) is 8.46. The van der Waals surface area contributed by atoms with Gasteiger partial charge in [0, 0.05) is 9.14 Å². The predicted octanol–water partition coefficient (Wildman–Crippen LogP) is 16.1. The Morgan fingerprint density at radius 2 is 1.56 bits per heavy atom. The number of fused-ring (bicyclic) bond motifs is 2. The third kappa shape index (κ3) is 12.8. The van der Waals surface area contributed by atoms with Crippen LogP contribution in [0.15, 0.2) is 137 Å². The van der Waals surface area contributed by atoms with Gasteiger partial charge in [0.05, 0.1) is 13.2 Å². The number of thiazole rings is 1. The van der Waals surface area contributed by atoms with Crippen molar-refractivity contribution in [2.45, 2.75) is 84.5 Å². The SMILES string of the molecule is C=C(C)C(=O)OCCCCOc1ccc(-c2ccc(C#Cc3ccc4c(/C=N/I(CC5CCCCC5)c5nc6ccccc6s5)c(-c5ccc(CCCCC)cc5)ccc4c3)cc2)c(I)c1. The molecule has 1 aromatic heterocycles. The van der Waals surface area contributed by atoms with Crippen LogP contribution in [-0.4, -0.2) is 34.8 Å². The van der Waals surface area contributed by atoms with Crippen LogP contribution in [-0.2, 0) is 16.0 Å². The molecule has 1 aliphatic carbocycles. The van der Waals surface area contributed by atoms with Gasteiger partial charge >= 0.3 is 292 Å². The number of unbranched alkanes of at least 4 members (excludes halogenated alkanes) is 3. The number of ether oxygens (including phenoxy) is 2. The van der Waals surface area contributed by atoms with E-state index in [1.807, 2.05) is 17.4 Å². The van der Waals surface area contributed by atoms with Crippen LogP contribution < -0.4 is 4.74 Å². The van der Waals surface area contributed by atoms with Crippen molar-refractivity contribution in [1.29, 1.82) is 0 Å². The van der Waals surface area contributed by atoms with Crippen LogP contribution in [0.4, 0.5) is 0 Å². The fourth-order valence-electron chi connectivity index (χ4n) is 8.37. The first-order valence-electron chi connectivity index (χ1n) is 23.4. The summed E-state index contributed by atoms with van der Waals surface area (Å²) in [7, 11) is 0. The van der Waals surface area contributed by atoms with Gasteiger partial charge in [-0.25, -0.2) is 4.79 Å². The van der Waals surface area contributed by atoms with Crippen LogP contribution in [0, 0.1) is 24.3 Å². The van der Waals surface area contributed by atoms with E-state index in [4.69, 9.17) is 17.7 Å². The average molecular weight is 1120 g/mol. The first-order chi connectivity index (χ1) is 32.3. The standard InChI is InChI=1S/C58H58I2N2O3S/c1-4-5-7-14-42-21-26-46(27-22-42)50-33-30-48-37-44(20-19-43-23-28-47(29-24-43)52-34-31-49(38-54(52)59)64-35-12-13-36-65-57(63)41(2)3)25-32-51(48)53(50)40-61-60(39-45-15-8-6-9-16-45)58-62-55-17-10-11-18-56(55)66-58/h10-11,17-18,21-34,37-38,40,45H,2,4-9,12-16,35-36,39H2,1,3H3/b61-40+. The van der Waals surface area contributed by atoms with Crippen molar-refractivity contribution >= 4 is 87.2 Å². The third-order valence-corrected chi connectivity index (χ3v) is 20.0. The van der Waals surface area contributed by atoms with Crippen molar-refractivity contribution in [3.05, 3.63) is 162 Å². The topological polar surface area (TPSA) is 60.8 Å². The summed E-state index contributed by atoms with van der Waals surface area (Å²) in [5.74, 6) is 8.12. The summed E-state index contributed by atoms with van der Waals surface area (Å²) in [4.78, 5) is 16.8. The molecule has 0 atom stereocenters. The summed E-state index contributed by atoms with van der Waals surface area (Å²) in [5, 5.41) is 2.36. The fourth-order valence-corrected chi connectivity index (χ4v) is 16.2. The molecule has 0 saturated heterocycles. The first kappa shape index (κ1) is 47.7. The quantitative estimate of drug-likeness (QED) is 0.0163. The van der Waals surface area contributed by atoms with E-state index < -0.39 is 20.1 Å². The molecule has 1 fully saturated rings. The van der Waals surface area contributed by atoms with E-state index in [-0.39, 0.29) is 5.97 Å². The first-order valence-corrected chi connectivity index (χ1v) is 28.9. The number of benzene rings is 6. The molecular formula is C58H58I2N2O3S. The van der Waals surface area contributed by atoms with Gasteiger partial charge in [-0.3, -0.25) is 0 Å². The second-order valence-electron chi connectivity index (χ2n) is 17.2. The second kappa shape index (κ2) is 23.8. The molecule has 1 heterocycles. The number of alkyl halides is 1. The molecule has 338 valence electrons. The van der Waals surface area contributed by atoms with Crippen molar-refractivity contribution in [2.24, 2.45) is 9.12 Å². The molecule has 5 nitrogen and oxygen atoms in total. The molecular weight excluding hydrogens is 1060 g/mol. The molecule has 0 unspecified atom stereocenters. The van der Waals surface area contributed by atoms with E-state index in [0.717, 1.165) is 67.7 Å². The molecule has 0 aliphatic heterocycles. The van der Waals surface area contributed by atoms with Gasteiger partial charge in [-0.15, -0.1) is 0 Å². The average Bonchev–Trinajstić information content (AvgIpc) is 3.78. The molecule has 66 heavy (non-hydrogen) atoms. The zero-order valence-electron chi connectivity index (χ0n) is 38.1. The Bertz CT molecular complexity index is 2830. The smallest absolute Gasteiger partial charge is 0.0435 e. The molecule has 8 heteroatoms. The number of rotatable bonds is 18. The number of carbonyl (C=O) groups excluding carboxylic acids is 1. The van der Waals surface area contributed by atoms with E-state index >= 15 is 0 Å². The Morgan fingerprint density at radius 1 is 0.833 bits per heavy atom. The van der Waals surface area contributed by atoms with E-state index in [1.165, 1.54) is 91.1 Å². The van der Waals surface area contributed by atoms with Crippen LogP contribution in [0.3, 0.4) is 0 Å². The van der Waals surface area contributed by atoms with Crippen molar-refractivity contribution < 1.29 is 14.3 Å². The fraction of sp³-hybridized carbons (Fsp3) is 0.293. The van der Waals surface area contributed by atoms with Crippen molar-refractivity contribution in [2.75, 3.05) is 17.6 Å². The van der Waals surface area contributed by atoms with E-state index in [0.29, 0.717) is 18.8 Å². The van der Waals surface area contributed by atoms with Gasteiger partial charge in [0.2, 0.25) is 0 Å². The number of hydrogen-bond donors (Lipinski definition) is 0. The van der Waals surface area contributed by atoms with E-state index in [9.17, 15) is 4.79 Å². The maximum absolute atomic E-state index is 11.6. The maximum atomic E-state index is 11.6. The van der Waals surface area contributed by atoms with Gasteiger partial charge in [-0.05, 0) is 71.7 Å². The van der Waals surface area contributed by atoms with Crippen LogP contribution >= 0.6 is 54.0 Å². The number of halogens is 2. The number of aryl methyl sites for hydroxylation is 1. The van der Waals surface area contributed by atoms with Crippen molar-refractivity contribution in [1.82, 2.24) is 4.98 Å². The zero-order valence-corrected chi connectivity index (χ0v) is 43.2. The van der Waals surface area contributed by atoms with Crippen LogP contribution in [0.1, 0.15) is 100 Å². The van der Waals surface area contributed by atoms with Crippen LogP contribution in [0.25, 0.3) is 43.2 Å². The Balaban J connectivity index is 1.02. The minimum atomic E-state index is -2.02. The van der Waals surface area contributed by atoms with Crippen molar-refractivity contribution in [3.8, 4) is 39.8 Å². The van der Waals surface area contributed by atoms with Crippen LogP contribution in [0.5, 0.6) is 5.75 Å². The molecule has 0 bridgehead atoms. The van der Waals surface area contributed by atoms with Gasteiger partial charge < -0.3 is 9.47 Å². The van der Waals surface area contributed by atoms with Gasteiger partial charge in [-0.2, -0.15) is 0 Å². The summed E-state index contributed by atoms with van der Waals surface area (Å²) in [6.07, 6.45) is 15.3. The summed E-state index contributed by atoms with van der Waals surface area (Å²) < 4.78 is 21.7. The molecule has 8 rings (SSSR count). The molecule has 6 aromatic carbocycles. The minimum absolute atomic E-state index is 0.345. The Kier molecular flexibility index (Phi) is 17.2. The second-order valence-corrected chi connectivity index (χ2v) is 24.5. The number of hydrogen-bond acceptors (Lipinski definition) is 6. The van der Waals surface area contributed by atoms with Gasteiger partial charge in [0.1, 0.15) is 5.75 Å². The predicted molar refractivity (Wildman–Crippen MR) is 295 cm³/mol. The molecule has 0 radical (unpaired) electrons. The number of aromatic nitrogens is 1. The Hall–Kier alpha value is -4.83. The van der Waals surface area contributed by atoms with Crippen molar-refractivity contribution in [3.63, 3.8) is 0 Å². The minimum Gasteiger partial charge on any atom is -0.0435 e. The third-order valence-electron chi connectivity index (χ3n) is 12.1. The molecule has 7 aromatic rings. The molecule has 1 saturated carbocycles. The molecule has 0 spiro atoms. The number of para-hydroxylation sites is 1. The molecule has 1 aliphatic rings. The van der Waals surface area contributed by atoms with Gasteiger partial charge in [0.15, 0.2) is 0 Å². The molecule has 0 amide bonds. The normalized spacial score (nSPS) is 13.2. The van der Waals surface area contributed by atoms with Crippen LogP contribution in [0.2, 0.25) is 0 Å². The molecule has 0 N–H and O–H groups in total. The number of carbonyl (C=O) groups is 1. The zero-order chi connectivity index (χ0) is 45.7. The summed E-state index contributed by atoms with van der Waals surface area (Å²) >= 11 is 2.22.